The number of sulfonamides is 1. The van der Waals surface area contributed by atoms with Gasteiger partial charge in [0, 0.05) is 12.6 Å². The molecule has 0 amide bonds. The minimum absolute atomic E-state index is 0.0692. The van der Waals surface area contributed by atoms with Crippen LogP contribution in [0.2, 0.25) is 0 Å². The summed E-state index contributed by atoms with van der Waals surface area (Å²) < 4.78 is 27.0. The van der Waals surface area contributed by atoms with E-state index in [-0.39, 0.29) is 16.7 Å². The number of nitrogens with zero attached hydrogens (tertiary/aromatic N) is 1. The molecule has 1 heterocycles. The largest absolute Gasteiger partial charge is 0.508 e. The smallest absolute Gasteiger partial charge is 0.243 e. The van der Waals surface area contributed by atoms with E-state index in [1.54, 1.807) is 15.6 Å². The molecule has 1 fully saturated rings. The fraction of sp³-hybridized carbons (Fsp3) is 0.286. The molecule has 1 saturated carbocycles. The van der Waals surface area contributed by atoms with Crippen molar-refractivity contribution in [3.63, 3.8) is 0 Å². The van der Waals surface area contributed by atoms with Gasteiger partial charge in [-0.05, 0) is 59.5 Å². The van der Waals surface area contributed by atoms with Crippen LogP contribution in [-0.4, -0.2) is 23.9 Å². The van der Waals surface area contributed by atoms with Crippen molar-refractivity contribution < 1.29 is 13.5 Å². The topological polar surface area (TPSA) is 57.6 Å². The molecule has 0 unspecified atom stereocenters. The lowest BCUT2D eigenvalue weighted by molar-refractivity contribution is 0.399. The summed E-state index contributed by atoms with van der Waals surface area (Å²) in [7, 11) is -3.50. The first kappa shape index (κ1) is 13.6. The van der Waals surface area contributed by atoms with E-state index in [9.17, 15) is 13.5 Å². The van der Waals surface area contributed by atoms with Crippen molar-refractivity contribution in [1.29, 1.82) is 0 Å². The average Bonchev–Trinajstić information content (AvgIpc) is 3.12. The second-order valence-corrected chi connectivity index (χ2v) is 7.58. The van der Waals surface area contributed by atoms with Crippen LogP contribution in [0.5, 0.6) is 5.75 Å². The van der Waals surface area contributed by atoms with Crippen molar-refractivity contribution in [3.8, 4) is 5.75 Å². The van der Waals surface area contributed by atoms with Crippen LogP contribution < -0.4 is 0 Å². The van der Waals surface area contributed by atoms with Crippen molar-refractivity contribution in [2.45, 2.75) is 30.3 Å². The minimum atomic E-state index is -3.50. The van der Waals surface area contributed by atoms with Gasteiger partial charge in [-0.3, -0.25) is 0 Å². The van der Waals surface area contributed by atoms with Crippen molar-refractivity contribution >= 4 is 21.4 Å². The number of phenolic OH excluding ortho intramolecular Hbond substituents is 1. The molecule has 1 aliphatic carbocycles. The Bertz CT molecular complexity index is 674. The molecule has 0 spiro atoms. The van der Waals surface area contributed by atoms with Crippen LogP contribution in [0.25, 0.3) is 0 Å². The summed E-state index contributed by atoms with van der Waals surface area (Å²) >= 11 is 1.57. The third-order valence-electron chi connectivity index (χ3n) is 3.32. The number of thiophene rings is 1. The van der Waals surface area contributed by atoms with Crippen molar-refractivity contribution in [2.24, 2.45) is 0 Å². The highest BCUT2D eigenvalue weighted by molar-refractivity contribution is 7.89. The predicted octanol–water partition coefficient (Wildman–Crippen LogP) is 2.81. The molecule has 1 N–H and O–H groups in total. The molecule has 6 heteroatoms. The number of hydrogen-bond donors (Lipinski definition) is 1. The zero-order valence-corrected chi connectivity index (χ0v) is 12.4. The number of phenols is 1. The summed E-state index contributed by atoms with van der Waals surface area (Å²) in [6, 6.07) is 7.77. The Kier molecular flexibility index (Phi) is 3.54. The molecule has 106 valence electrons. The summed E-state index contributed by atoms with van der Waals surface area (Å²) in [6.07, 6.45) is 1.84. The summed E-state index contributed by atoms with van der Waals surface area (Å²) in [5, 5.41) is 13.2. The molecular formula is C14H15NO3S2. The lowest BCUT2D eigenvalue weighted by Gasteiger charge is -2.21. The van der Waals surface area contributed by atoms with Gasteiger partial charge >= 0.3 is 0 Å². The zero-order valence-electron chi connectivity index (χ0n) is 10.8. The van der Waals surface area contributed by atoms with Crippen LogP contribution in [-0.2, 0) is 16.6 Å². The molecule has 4 nitrogen and oxygen atoms in total. The van der Waals surface area contributed by atoms with E-state index in [2.05, 4.69) is 0 Å². The Morgan fingerprint density at radius 2 is 1.90 bits per heavy atom. The number of aromatic hydroxyl groups is 1. The summed E-state index contributed by atoms with van der Waals surface area (Å²) in [4.78, 5) is 0.234. The first-order valence-electron chi connectivity index (χ1n) is 6.39. The number of benzene rings is 1. The van der Waals surface area contributed by atoms with E-state index in [0.717, 1.165) is 18.4 Å². The Balaban J connectivity index is 1.91. The highest BCUT2D eigenvalue weighted by atomic mass is 32.2. The molecule has 1 aliphatic rings. The van der Waals surface area contributed by atoms with Crippen molar-refractivity contribution in [2.75, 3.05) is 0 Å². The highest BCUT2D eigenvalue weighted by Crippen LogP contribution is 2.34. The van der Waals surface area contributed by atoms with Gasteiger partial charge in [0.15, 0.2) is 0 Å². The Morgan fingerprint density at radius 1 is 1.20 bits per heavy atom. The SMILES string of the molecule is O=S(=O)(c1ccc(O)cc1)N(Cc1ccsc1)C1CC1. The standard InChI is InChI=1S/C14H15NO3S2/c16-13-3-5-14(6-4-13)20(17,18)15(12-1-2-12)9-11-7-8-19-10-11/h3-8,10,12,16H,1-2,9H2. The average molecular weight is 309 g/mol. The van der Waals surface area contributed by atoms with Gasteiger partial charge in [-0.25, -0.2) is 8.42 Å². The molecule has 1 aromatic carbocycles. The van der Waals surface area contributed by atoms with Crippen LogP contribution in [0.1, 0.15) is 18.4 Å². The Labute approximate surface area is 122 Å². The number of hydrogen-bond acceptors (Lipinski definition) is 4. The van der Waals surface area contributed by atoms with Crippen molar-refractivity contribution in [1.82, 2.24) is 4.31 Å². The van der Waals surface area contributed by atoms with Crippen LogP contribution >= 0.6 is 11.3 Å². The van der Waals surface area contributed by atoms with Gasteiger partial charge < -0.3 is 5.11 Å². The van der Waals surface area contributed by atoms with E-state index >= 15 is 0 Å². The fourth-order valence-electron chi connectivity index (χ4n) is 2.09. The predicted molar refractivity (Wildman–Crippen MR) is 78.2 cm³/mol. The summed E-state index contributed by atoms with van der Waals surface area (Å²) in [5.41, 5.74) is 1.02. The molecule has 3 rings (SSSR count). The third-order valence-corrected chi connectivity index (χ3v) is 5.96. The van der Waals surface area contributed by atoms with E-state index in [4.69, 9.17) is 0 Å². The maximum absolute atomic E-state index is 12.7. The minimum Gasteiger partial charge on any atom is -0.508 e. The van der Waals surface area contributed by atoms with Crippen molar-refractivity contribution in [3.05, 3.63) is 46.7 Å². The van der Waals surface area contributed by atoms with Gasteiger partial charge in [-0.1, -0.05) is 0 Å². The van der Waals surface area contributed by atoms with Crippen LogP contribution in [0.3, 0.4) is 0 Å². The summed E-state index contributed by atoms with van der Waals surface area (Å²) in [5.74, 6) is 0.0692. The number of rotatable bonds is 5. The molecule has 2 aromatic rings. The molecule has 0 aliphatic heterocycles. The maximum atomic E-state index is 12.7. The maximum Gasteiger partial charge on any atom is 0.243 e. The summed E-state index contributed by atoms with van der Waals surface area (Å²) in [6.45, 7) is 0.414. The normalized spacial score (nSPS) is 15.7. The van der Waals surface area contributed by atoms with Crippen LogP contribution in [0, 0.1) is 0 Å². The molecule has 0 radical (unpaired) electrons. The second-order valence-electron chi connectivity index (χ2n) is 4.91. The second kappa shape index (κ2) is 5.20. The first-order chi connectivity index (χ1) is 9.57. The molecule has 0 atom stereocenters. The van der Waals surface area contributed by atoms with E-state index in [1.807, 2.05) is 16.8 Å². The quantitative estimate of drug-likeness (QED) is 0.924. The Morgan fingerprint density at radius 3 is 2.45 bits per heavy atom. The van der Waals surface area contributed by atoms with Crippen LogP contribution in [0.4, 0.5) is 0 Å². The zero-order chi connectivity index (χ0) is 14.2. The Hall–Kier alpha value is -1.37. The monoisotopic (exact) mass is 309 g/mol. The lowest BCUT2D eigenvalue weighted by atomic mass is 10.3. The van der Waals surface area contributed by atoms with Gasteiger partial charge in [0.1, 0.15) is 5.75 Å². The van der Waals surface area contributed by atoms with Gasteiger partial charge in [-0.15, -0.1) is 0 Å². The lowest BCUT2D eigenvalue weighted by Crippen LogP contribution is -2.32. The van der Waals surface area contributed by atoms with Gasteiger partial charge in [-0.2, -0.15) is 15.6 Å². The molecule has 0 bridgehead atoms. The van der Waals surface area contributed by atoms with E-state index < -0.39 is 10.0 Å². The van der Waals surface area contributed by atoms with Gasteiger partial charge in [0.05, 0.1) is 4.90 Å². The third kappa shape index (κ3) is 2.72. The highest BCUT2D eigenvalue weighted by Gasteiger charge is 2.38. The van der Waals surface area contributed by atoms with Gasteiger partial charge in [0.2, 0.25) is 10.0 Å². The molecule has 0 saturated heterocycles. The first-order valence-corrected chi connectivity index (χ1v) is 8.77. The molecule has 1 aromatic heterocycles. The fourth-order valence-corrected chi connectivity index (χ4v) is 4.42. The molecular weight excluding hydrogens is 294 g/mol. The molecule has 20 heavy (non-hydrogen) atoms. The van der Waals surface area contributed by atoms with Crippen LogP contribution in [0.15, 0.2) is 46.0 Å². The van der Waals surface area contributed by atoms with E-state index in [1.165, 1.54) is 24.3 Å². The van der Waals surface area contributed by atoms with Gasteiger partial charge in [0.25, 0.3) is 0 Å². The van der Waals surface area contributed by atoms with E-state index in [0.29, 0.717) is 6.54 Å².